The van der Waals surface area contributed by atoms with E-state index in [4.69, 9.17) is 5.41 Å². The van der Waals surface area contributed by atoms with Crippen LogP contribution in [0.25, 0.3) is 27.0 Å². The van der Waals surface area contributed by atoms with E-state index in [-0.39, 0.29) is 11.8 Å². The number of H-pyrrole nitrogens is 1. The van der Waals surface area contributed by atoms with Gasteiger partial charge in [-0.25, -0.2) is 4.98 Å². The van der Waals surface area contributed by atoms with Crippen LogP contribution in [0, 0.1) is 0 Å². The van der Waals surface area contributed by atoms with Crippen molar-refractivity contribution in [1.29, 1.82) is 0 Å². The number of carbonyl (C=O) groups excluding carboxylic acids is 2. The van der Waals surface area contributed by atoms with Crippen LogP contribution in [-0.2, 0) is 0 Å². The Labute approximate surface area is 242 Å². The van der Waals surface area contributed by atoms with E-state index in [1.165, 1.54) is 5.16 Å². The maximum absolute atomic E-state index is 12.1. The Morgan fingerprint density at radius 1 is 0.634 bits per heavy atom. The third-order valence-electron chi connectivity index (χ3n) is 5.94. The minimum atomic E-state index is -0.114. The van der Waals surface area contributed by atoms with Crippen molar-refractivity contribution in [3.8, 4) is 0 Å². The average Bonchev–Trinajstić information content (AvgIpc) is 3.02. The van der Waals surface area contributed by atoms with Crippen LogP contribution in [0.1, 0.15) is 20.7 Å². The molecule has 0 atom stereocenters. The number of thiocarbonyl (C=S) groups is 1. The predicted octanol–water partition coefficient (Wildman–Crippen LogP) is 7.05. The molecule has 2 heterocycles. The maximum Gasteiger partial charge on any atom is 0.255 e. The van der Waals surface area contributed by atoms with E-state index in [0.717, 1.165) is 32.9 Å². The molecule has 200 valence electrons. The minimum absolute atomic E-state index is 0.100. The van der Waals surface area contributed by atoms with E-state index in [0.29, 0.717) is 11.1 Å². The molecule has 0 bridgehead atoms. The fourth-order valence-corrected chi connectivity index (χ4v) is 3.97. The number of aromatic amines is 1. The quantitative estimate of drug-likeness (QED) is 0.179. The number of nitrogens with one attached hydrogen (secondary N) is 3. The zero-order valence-electron chi connectivity index (χ0n) is 21.8. The normalized spacial score (nSPS) is 9.76. The summed E-state index contributed by atoms with van der Waals surface area (Å²) in [5.74, 6) is -0.214. The van der Waals surface area contributed by atoms with Gasteiger partial charge in [0.25, 0.3) is 11.8 Å². The van der Waals surface area contributed by atoms with Gasteiger partial charge in [-0.3, -0.25) is 14.6 Å². The number of anilines is 2. The van der Waals surface area contributed by atoms with Crippen LogP contribution in [0.5, 0.6) is 0 Å². The number of carbonyl (C=O) groups is 2. The second kappa shape index (κ2) is 14.6. The van der Waals surface area contributed by atoms with E-state index >= 15 is 0 Å². The van der Waals surface area contributed by atoms with Gasteiger partial charge in [0.2, 0.25) is 0 Å². The van der Waals surface area contributed by atoms with Gasteiger partial charge in [-0.05, 0) is 57.9 Å². The highest BCUT2D eigenvalue weighted by atomic mass is 32.1. The lowest BCUT2D eigenvalue weighted by Gasteiger charge is -2.05. The summed E-state index contributed by atoms with van der Waals surface area (Å²) in [6.07, 6.45) is 6.85. The molecule has 0 fully saturated rings. The minimum Gasteiger partial charge on any atom is -0.753 e. The molecule has 0 spiro atoms. The highest BCUT2D eigenvalue weighted by Crippen LogP contribution is 2.18. The molecule has 2 amide bonds. The largest absolute Gasteiger partial charge is 0.753 e. The van der Waals surface area contributed by atoms with Crippen molar-refractivity contribution in [3.63, 3.8) is 0 Å². The van der Waals surface area contributed by atoms with Gasteiger partial charge < -0.3 is 16.0 Å². The van der Waals surface area contributed by atoms with Gasteiger partial charge in [-0.2, -0.15) is 5.16 Å². The number of fused-ring (bicyclic) bond motifs is 2. The molecule has 6 aromatic rings. The van der Waals surface area contributed by atoms with Gasteiger partial charge in [0.15, 0.2) is 12.4 Å². The molecule has 0 saturated heterocycles. The highest BCUT2D eigenvalue weighted by molar-refractivity contribution is 7.78. The van der Waals surface area contributed by atoms with Crippen LogP contribution in [0.2, 0.25) is 0 Å². The van der Waals surface area contributed by atoms with Gasteiger partial charge >= 0.3 is 0 Å². The number of amides is 2. The lowest BCUT2D eigenvalue weighted by molar-refractivity contribution is -0.377. The van der Waals surface area contributed by atoms with Crippen LogP contribution in [0.15, 0.2) is 134 Å². The number of aromatic nitrogens is 2. The first-order valence-electron chi connectivity index (χ1n) is 12.5. The summed E-state index contributed by atoms with van der Waals surface area (Å²) in [6.45, 7) is 0. The van der Waals surface area contributed by atoms with Crippen LogP contribution >= 0.6 is 12.2 Å². The van der Waals surface area contributed by atoms with Gasteiger partial charge in [0.05, 0.1) is 5.69 Å². The Hall–Kier alpha value is -5.56. The fraction of sp³-hybridized carbons (Fsp3) is 0. The third-order valence-corrected chi connectivity index (χ3v) is 5.94. The van der Waals surface area contributed by atoms with E-state index in [1.807, 2.05) is 97.1 Å². The Kier molecular flexibility index (Phi) is 10.1. The highest BCUT2D eigenvalue weighted by Gasteiger charge is 2.08. The SMILES string of the molecule is O=C(Nc1cc[nH+]cc1)c1ccc2ccccc2c1.O=C(Nc1ccncc1)c1ccc2ccccc2c1.[N-]=C=S. The zero-order valence-corrected chi connectivity index (χ0v) is 22.6. The summed E-state index contributed by atoms with van der Waals surface area (Å²) in [7, 11) is 0. The fourth-order valence-electron chi connectivity index (χ4n) is 3.97. The summed E-state index contributed by atoms with van der Waals surface area (Å²) in [6, 6.07) is 34.5. The molecule has 0 aliphatic rings. The number of pyridine rings is 2. The number of rotatable bonds is 4. The predicted molar refractivity (Wildman–Crippen MR) is 167 cm³/mol. The molecule has 3 N–H and O–H groups in total. The van der Waals surface area contributed by atoms with Crippen LogP contribution < -0.4 is 15.6 Å². The van der Waals surface area contributed by atoms with E-state index in [1.54, 1.807) is 36.9 Å². The van der Waals surface area contributed by atoms with Crippen LogP contribution in [0.3, 0.4) is 0 Å². The first-order chi connectivity index (χ1) is 20.1. The first kappa shape index (κ1) is 28.4. The van der Waals surface area contributed by atoms with Crippen LogP contribution in [-0.4, -0.2) is 22.0 Å². The Morgan fingerprint density at radius 2 is 1.05 bits per heavy atom. The van der Waals surface area contributed by atoms with Crippen molar-refractivity contribution in [3.05, 3.63) is 151 Å². The number of hydrogen-bond donors (Lipinski definition) is 2. The van der Waals surface area contributed by atoms with Crippen molar-refractivity contribution in [1.82, 2.24) is 4.98 Å². The monoisotopic (exact) mass is 555 g/mol. The molecule has 0 unspecified atom stereocenters. The number of isothiocyanates is 1. The molecule has 0 saturated carbocycles. The Balaban J connectivity index is 0.000000173. The Bertz CT molecular complexity index is 1680. The molecule has 0 aliphatic heterocycles. The third kappa shape index (κ3) is 8.21. The lowest BCUT2D eigenvalue weighted by Crippen LogP contribution is -2.12. The standard InChI is InChI=1S/2C16H12N2O.CNS/c2*19-16(18-15-7-9-17-10-8-15)14-6-5-12-3-1-2-4-13(12)11-14;2-1-3/h2*1-11H,(H,17,18,19);/q;;-1/p+1. The average molecular weight is 556 g/mol. The van der Waals surface area contributed by atoms with E-state index in [9.17, 15) is 9.59 Å². The summed E-state index contributed by atoms with van der Waals surface area (Å²) in [4.78, 5) is 31.1. The molecule has 41 heavy (non-hydrogen) atoms. The van der Waals surface area contributed by atoms with E-state index in [2.05, 4.69) is 32.8 Å². The van der Waals surface area contributed by atoms with Gasteiger partial charge in [0, 0.05) is 41.3 Å². The lowest BCUT2D eigenvalue weighted by atomic mass is 10.1. The molecule has 2 aromatic heterocycles. The molecule has 8 heteroatoms. The molecule has 6 rings (SSSR count). The van der Waals surface area contributed by atoms with Crippen molar-refractivity contribution in [2.24, 2.45) is 0 Å². The topological polar surface area (TPSA) is 108 Å². The molecular weight excluding hydrogens is 530 g/mol. The Morgan fingerprint density at radius 3 is 1.51 bits per heavy atom. The zero-order chi connectivity index (χ0) is 28.9. The number of hydrogen-bond acceptors (Lipinski definition) is 4. The van der Waals surface area contributed by atoms with Crippen molar-refractivity contribution >= 4 is 62.1 Å². The first-order valence-corrected chi connectivity index (χ1v) is 13.0. The molecule has 4 aromatic carbocycles. The smallest absolute Gasteiger partial charge is 0.255 e. The number of nitrogens with zero attached hydrogens (tertiary/aromatic N) is 2. The number of benzene rings is 4. The van der Waals surface area contributed by atoms with Crippen molar-refractivity contribution in [2.75, 3.05) is 10.6 Å². The summed E-state index contributed by atoms with van der Waals surface area (Å²) in [5.41, 5.74) is 2.83. The summed E-state index contributed by atoms with van der Waals surface area (Å²) >= 11 is 3.70. The maximum atomic E-state index is 12.1. The second-order valence-electron chi connectivity index (χ2n) is 8.65. The molecule has 7 nitrogen and oxygen atoms in total. The second-order valence-corrected chi connectivity index (χ2v) is 8.83. The van der Waals surface area contributed by atoms with Gasteiger partial charge in [-0.15, -0.1) is 0 Å². The van der Waals surface area contributed by atoms with Crippen LogP contribution in [0.4, 0.5) is 11.4 Å². The van der Waals surface area contributed by atoms with Crippen molar-refractivity contribution < 1.29 is 14.6 Å². The summed E-state index contributed by atoms with van der Waals surface area (Å²) in [5, 5.41) is 18.6. The van der Waals surface area contributed by atoms with Gasteiger partial charge in [0.1, 0.15) is 0 Å². The molecule has 0 aliphatic carbocycles. The molecular formula is C33H25N5O2S. The van der Waals surface area contributed by atoms with E-state index < -0.39 is 0 Å². The summed E-state index contributed by atoms with van der Waals surface area (Å²) < 4.78 is 0. The van der Waals surface area contributed by atoms with Crippen molar-refractivity contribution in [2.45, 2.75) is 0 Å². The van der Waals surface area contributed by atoms with Gasteiger partial charge in [-0.1, -0.05) is 72.9 Å². The molecule has 0 radical (unpaired) electrons.